The van der Waals surface area contributed by atoms with Crippen molar-refractivity contribution in [2.24, 2.45) is 0 Å². The number of nitrogens with zero attached hydrogens (tertiary/aromatic N) is 3. The van der Waals surface area contributed by atoms with Gasteiger partial charge in [-0.05, 0) is 26.0 Å². The first-order valence-corrected chi connectivity index (χ1v) is 8.57. The van der Waals surface area contributed by atoms with Crippen LogP contribution in [0.4, 0.5) is 0 Å². The summed E-state index contributed by atoms with van der Waals surface area (Å²) in [6, 6.07) is 3.53. The molecule has 3 rings (SSSR count). The fraction of sp³-hybridized carbons (Fsp3) is 0.235. The van der Waals surface area contributed by atoms with Crippen molar-refractivity contribution >= 4 is 17.2 Å². The molecule has 0 bridgehead atoms. The first kappa shape index (κ1) is 17.0. The summed E-state index contributed by atoms with van der Waals surface area (Å²) in [6.45, 7) is 4.39. The Morgan fingerprint density at radius 1 is 1.32 bits per heavy atom. The zero-order chi connectivity index (χ0) is 17.8. The quantitative estimate of drug-likeness (QED) is 0.728. The van der Waals surface area contributed by atoms with Gasteiger partial charge < -0.3 is 10.3 Å². The number of nitrogens with one attached hydrogen (secondary N) is 2. The Kier molecular flexibility index (Phi) is 4.99. The molecule has 0 radical (unpaired) electrons. The number of aryl methyl sites for hydroxylation is 2. The highest BCUT2D eigenvalue weighted by atomic mass is 32.1. The third kappa shape index (κ3) is 3.97. The largest absolute Gasteiger partial charge is 0.351 e. The number of H-pyrrole nitrogens is 1. The van der Waals surface area contributed by atoms with Gasteiger partial charge in [-0.15, -0.1) is 11.3 Å². The van der Waals surface area contributed by atoms with E-state index in [2.05, 4.69) is 25.3 Å². The lowest BCUT2D eigenvalue weighted by Crippen LogP contribution is -2.31. The molecule has 0 unspecified atom stereocenters. The first-order chi connectivity index (χ1) is 12.0. The average Bonchev–Trinajstić information content (AvgIpc) is 2.93. The highest BCUT2D eigenvalue weighted by Crippen LogP contribution is 2.16. The monoisotopic (exact) mass is 355 g/mol. The van der Waals surface area contributed by atoms with Gasteiger partial charge in [-0.1, -0.05) is 0 Å². The van der Waals surface area contributed by atoms with Gasteiger partial charge in [0.1, 0.15) is 11.4 Å². The summed E-state index contributed by atoms with van der Waals surface area (Å²) in [7, 11) is 0. The van der Waals surface area contributed by atoms with Crippen LogP contribution in [0.3, 0.4) is 0 Å². The van der Waals surface area contributed by atoms with E-state index in [0.717, 1.165) is 10.7 Å². The van der Waals surface area contributed by atoms with E-state index in [1.807, 2.05) is 13.8 Å². The molecule has 3 aromatic heterocycles. The van der Waals surface area contributed by atoms with Crippen molar-refractivity contribution in [1.29, 1.82) is 0 Å². The normalized spacial score (nSPS) is 10.6. The summed E-state index contributed by atoms with van der Waals surface area (Å²) in [6.07, 6.45) is 5.14. The fourth-order valence-corrected chi connectivity index (χ4v) is 3.16. The van der Waals surface area contributed by atoms with E-state index in [-0.39, 0.29) is 5.56 Å². The molecule has 0 spiro atoms. The molecule has 7 nitrogen and oxygen atoms in total. The summed E-state index contributed by atoms with van der Waals surface area (Å²) in [5.74, 6) is -0.0696. The second-order valence-electron chi connectivity index (χ2n) is 5.47. The third-order valence-electron chi connectivity index (χ3n) is 3.68. The van der Waals surface area contributed by atoms with Gasteiger partial charge in [0.25, 0.3) is 11.5 Å². The minimum Gasteiger partial charge on any atom is -0.351 e. The van der Waals surface area contributed by atoms with E-state index >= 15 is 0 Å². The zero-order valence-corrected chi connectivity index (χ0v) is 14.7. The number of hydrogen-bond acceptors (Lipinski definition) is 6. The third-order valence-corrected chi connectivity index (χ3v) is 4.81. The molecule has 0 atom stereocenters. The molecule has 25 heavy (non-hydrogen) atoms. The first-order valence-electron chi connectivity index (χ1n) is 7.75. The van der Waals surface area contributed by atoms with Crippen LogP contribution >= 0.6 is 11.3 Å². The van der Waals surface area contributed by atoms with Crippen LogP contribution < -0.4 is 10.9 Å². The zero-order valence-electron chi connectivity index (χ0n) is 13.9. The molecular weight excluding hydrogens is 338 g/mol. The summed E-state index contributed by atoms with van der Waals surface area (Å²) in [5, 5.41) is 3.70. The van der Waals surface area contributed by atoms with Crippen molar-refractivity contribution in [2.75, 3.05) is 6.54 Å². The summed E-state index contributed by atoms with van der Waals surface area (Å²) in [4.78, 5) is 40.7. The van der Waals surface area contributed by atoms with Crippen LogP contribution in [0, 0.1) is 13.8 Å². The summed E-state index contributed by atoms with van der Waals surface area (Å²) < 4.78 is 0. The number of aromatic amines is 1. The maximum Gasteiger partial charge on any atom is 0.264 e. The van der Waals surface area contributed by atoms with Gasteiger partial charge in [0, 0.05) is 42.0 Å². The topological polar surface area (TPSA) is 101 Å². The Labute approximate surface area is 148 Å². The highest BCUT2D eigenvalue weighted by molar-refractivity contribution is 7.11. The predicted octanol–water partition coefficient (Wildman–Crippen LogP) is 1.88. The number of pyridine rings is 1. The Balaban J connectivity index is 1.65. The van der Waals surface area contributed by atoms with Crippen LogP contribution in [0.15, 0.2) is 35.5 Å². The van der Waals surface area contributed by atoms with E-state index in [0.29, 0.717) is 24.4 Å². The van der Waals surface area contributed by atoms with E-state index < -0.39 is 11.5 Å². The molecule has 0 aliphatic heterocycles. The van der Waals surface area contributed by atoms with E-state index in [4.69, 9.17) is 0 Å². The Hall–Kier alpha value is -2.87. The molecule has 2 N–H and O–H groups in total. The van der Waals surface area contributed by atoms with Gasteiger partial charge >= 0.3 is 0 Å². The molecule has 0 aromatic carbocycles. The molecule has 0 fully saturated rings. The van der Waals surface area contributed by atoms with Crippen LogP contribution in [0.25, 0.3) is 11.4 Å². The number of rotatable bonds is 5. The lowest BCUT2D eigenvalue weighted by atomic mass is 10.2. The maximum absolute atomic E-state index is 12.2. The smallest absolute Gasteiger partial charge is 0.264 e. The van der Waals surface area contributed by atoms with Gasteiger partial charge in [-0.2, -0.15) is 0 Å². The van der Waals surface area contributed by atoms with E-state index in [1.54, 1.807) is 35.9 Å². The van der Waals surface area contributed by atoms with E-state index in [9.17, 15) is 9.59 Å². The number of carbonyl (C=O) groups excluding carboxylic acids is 1. The second kappa shape index (κ2) is 7.35. The molecule has 3 heterocycles. The van der Waals surface area contributed by atoms with Gasteiger partial charge in [0.05, 0.1) is 10.7 Å². The van der Waals surface area contributed by atoms with Crippen LogP contribution in [-0.2, 0) is 6.42 Å². The Morgan fingerprint density at radius 2 is 2.16 bits per heavy atom. The molecule has 0 saturated heterocycles. The average molecular weight is 355 g/mol. The maximum atomic E-state index is 12.2. The van der Waals surface area contributed by atoms with Crippen molar-refractivity contribution < 1.29 is 4.79 Å². The molecular formula is C17H17N5O2S. The minimum atomic E-state index is -0.479. The highest BCUT2D eigenvalue weighted by Gasteiger charge is 2.13. The number of amides is 1. The van der Waals surface area contributed by atoms with Crippen molar-refractivity contribution in [3.8, 4) is 11.4 Å². The molecule has 0 saturated carbocycles. The van der Waals surface area contributed by atoms with E-state index in [1.165, 1.54) is 11.1 Å². The standard InChI is InChI=1S/C17H17N5O2S/c1-10-11(2)25-14(21-10)5-7-19-16(23)13-9-20-15(22-17(13)24)12-4-3-6-18-8-12/h3-4,6,8-9H,5,7H2,1-2H3,(H,19,23)(H,20,22,24). The SMILES string of the molecule is Cc1nc(CCNC(=O)c2cnc(-c3cccnc3)[nH]c2=O)sc1C. The van der Waals surface area contributed by atoms with Crippen molar-refractivity contribution in [3.05, 3.63) is 62.2 Å². The van der Waals surface area contributed by atoms with Crippen molar-refractivity contribution in [1.82, 2.24) is 25.3 Å². The van der Waals surface area contributed by atoms with Crippen LogP contribution in [0.2, 0.25) is 0 Å². The number of thiazole rings is 1. The van der Waals surface area contributed by atoms with Crippen molar-refractivity contribution in [3.63, 3.8) is 0 Å². The van der Waals surface area contributed by atoms with Crippen LogP contribution in [0.1, 0.15) is 25.9 Å². The number of carbonyl (C=O) groups is 1. The Bertz CT molecular complexity index is 930. The molecule has 0 aliphatic carbocycles. The van der Waals surface area contributed by atoms with Crippen molar-refractivity contribution in [2.45, 2.75) is 20.3 Å². The molecule has 0 aliphatic rings. The van der Waals surface area contributed by atoms with Gasteiger partial charge in [0.15, 0.2) is 0 Å². The van der Waals surface area contributed by atoms with Gasteiger partial charge in [-0.25, -0.2) is 9.97 Å². The molecule has 128 valence electrons. The molecule has 8 heteroatoms. The number of aromatic nitrogens is 4. The lowest BCUT2D eigenvalue weighted by Gasteiger charge is -2.04. The fourth-order valence-electron chi connectivity index (χ4n) is 2.23. The predicted molar refractivity (Wildman–Crippen MR) is 95.7 cm³/mol. The number of hydrogen-bond donors (Lipinski definition) is 2. The lowest BCUT2D eigenvalue weighted by molar-refractivity contribution is 0.0952. The molecule has 3 aromatic rings. The minimum absolute atomic E-state index is 0.0147. The Morgan fingerprint density at radius 3 is 2.80 bits per heavy atom. The van der Waals surface area contributed by atoms with Gasteiger partial charge in [-0.3, -0.25) is 14.6 Å². The summed E-state index contributed by atoms with van der Waals surface area (Å²) >= 11 is 1.62. The van der Waals surface area contributed by atoms with Gasteiger partial charge in [0.2, 0.25) is 0 Å². The summed E-state index contributed by atoms with van der Waals surface area (Å²) in [5.41, 5.74) is 1.20. The van der Waals surface area contributed by atoms with Crippen LogP contribution in [-0.4, -0.2) is 32.4 Å². The van der Waals surface area contributed by atoms with Crippen LogP contribution in [0.5, 0.6) is 0 Å². The second-order valence-corrected chi connectivity index (χ2v) is 6.76. The molecule has 1 amide bonds.